The molecule has 1 aliphatic rings. The summed E-state index contributed by atoms with van der Waals surface area (Å²) in [4.78, 5) is -0.129. The minimum absolute atomic E-state index is 0. The average Bonchev–Trinajstić information content (AvgIpc) is 2.98. The molecule has 1 fully saturated rings. The molecule has 6 heteroatoms. The van der Waals surface area contributed by atoms with Crippen LogP contribution in [0.25, 0.3) is 0 Å². The zero-order valence-corrected chi connectivity index (χ0v) is 11.8. The molecule has 1 aliphatic carbocycles. The molecule has 0 bridgehead atoms. The maximum atomic E-state index is 13.9. The Hall–Kier alpha value is -0.810. The molecule has 0 amide bonds. The Kier molecular flexibility index (Phi) is 4.61. The van der Waals surface area contributed by atoms with Crippen LogP contribution in [-0.2, 0) is 16.3 Å². The van der Waals surface area contributed by atoms with Crippen molar-refractivity contribution in [3.05, 3.63) is 23.5 Å². The Morgan fingerprint density at radius 2 is 2.00 bits per heavy atom. The van der Waals surface area contributed by atoms with Crippen LogP contribution >= 0.6 is 12.4 Å². The molecule has 1 aromatic carbocycles. The zero-order chi connectivity index (χ0) is 12.6. The number of sulfone groups is 1. The van der Waals surface area contributed by atoms with Gasteiger partial charge < -0.3 is 5.73 Å². The highest BCUT2D eigenvalue weighted by Gasteiger charge is 2.39. The summed E-state index contributed by atoms with van der Waals surface area (Å²) >= 11 is 0. The Labute approximate surface area is 113 Å². The molecule has 18 heavy (non-hydrogen) atoms. The number of hydrogen-bond acceptors (Lipinski definition) is 3. The van der Waals surface area contributed by atoms with E-state index in [1.807, 2.05) is 6.92 Å². The lowest BCUT2D eigenvalue weighted by molar-refractivity contribution is 0.561. The summed E-state index contributed by atoms with van der Waals surface area (Å²) in [5.41, 5.74) is 6.35. The van der Waals surface area contributed by atoms with Crippen LogP contribution in [-0.4, -0.2) is 13.7 Å². The lowest BCUT2D eigenvalue weighted by Gasteiger charge is -2.11. The molecule has 2 N–H and O–H groups in total. The maximum absolute atomic E-state index is 13.9. The van der Waals surface area contributed by atoms with Crippen molar-refractivity contribution in [1.29, 1.82) is 0 Å². The number of hydrogen-bond donors (Lipinski definition) is 1. The van der Waals surface area contributed by atoms with E-state index < -0.39 is 20.9 Å². The first kappa shape index (κ1) is 15.2. The third-order valence-electron chi connectivity index (χ3n) is 2.91. The van der Waals surface area contributed by atoms with E-state index in [2.05, 4.69) is 0 Å². The van der Waals surface area contributed by atoms with E-state index in [0.29, 0.717) is 24.8 Å². The highest BCUT2D eigenvalue weighted by atomic mass is 35.5. The van der Waals surface area contributed by atoms with Crippen LogP contribution in [0.5, 0.6) is 0 Å². The molecular formula is C12H17ClFNO2S. The van der Waals surface area contributed by atoms with Crippen LogP contribution in [0.1, 0.15) is 31.7 Å². The number of nitrogens with two attached hydrogens (primary N) is 1. The number of rotatable bonds is 4. The Morgan fingerprint density at radius 3 is 2.50 bits per heavy atom. The normalized spacial score (nSPS) is 15.2. The van der Waals surface area contributed by atoms with Gasteiger partial charge in [-0.3, -0.25) is 0 Å². The van der Waals surface area contributed by atoms with E-state index in [-0.39, 0.29) is 23.0 Å². The fourth-order valence-electron chi connectivity index (χ4n) is 1.99. The molecule has 0 aromatic heterocycles. The Balaban J connectivity index is 0.00000162. The van der Waals surface area contributed by atoms with E-state index in [4.69, 9.17) is 5.73 Å². The fourth-order valence-corrected chi connectivity index (χ4v) is 3.94. The predicted octanol–water partition coefficient (Wildman–Crippen LogP) is 2.72. The van der Waals surface area contributed by atoms with Gasteiger partial charge >= 0.3 is 0 Å². The Bertz CT molecular complexity index is 541. The van der Waals surface area contributed by atoms with E-state index in [9.17, 15) is 12.8 Å². The van der Waals surface area contributed by atoms with E-state index >= 15 is 0 Å². The molecular weight excluding hydrogens is 277 g/mol. The molecule has 1 aromatic rings. The van der Waals surface area contributed by atoms with Crippen molar-refractivity contribution in [3.63, 3.8) is 0 Å². The molecule has 1 saturated carbocycles. The third kappa shape index (κ3) is 2.78. The smallest absolute Gasteiger partial charge is 0.184 e. The number of nitrogen functional groups attached to an aromatic ring is 1. The second-order valence-electron chi connectivity index (χ2n) is 4.49. The van der Waals surface area contributed by atoms with Crippen molar-refractivity contribution < 1.29 is 12.8 Å². The van der Waals surface area contributed by atoms with Crippen LogP contribution in [0.2, 0.25) is 0 Å². The van der Waals surface area contributed by atoms with Gasteiger partial charge in [0.15, 0.2) is 9.84 Å². The molecule has 0 heterocycles. The minimum Gasteiger partial charge on any atom is -0.399 e. The van der Waals surface area contributed by atoms with Gasteiger partial charge in [0, 0.05) is 5.69 Å². The van der Waals surface area contributed by atoms with Gasteiger partial charge in [-0.05, 0) is 37.0 Å². The molecule has 102 valence electrons. The van der Waals surface area contributed by atoms with Gasteiger partial charge in [0.1, 0.15) is 10.7 Å². The van der Waals surface area contributed by atoms with E-state index in [1.165, 1.54) is 0 Å². The largest absolute Gasteiger partial charge is 0.399 e. The number of halogens is 2. The first-order chi connectivity index (χ1) is 7.96. The van der Waals surface area contributed by atoms with Crippen molar-refractivity contribution in [2.24, 2.45) is 0 Å². The number of aryl methyl sites for hydroxylation is 1. The summed E-state index contributed by atoms with van der Waals surface area (Å²) in [5.74, 6) is -0.708. The standard InChI is InChI=1S/C12H16FNO2S.ClH/c1-2-3-8-6-9(14)7-11(13)12(8)17(15,16)10-4-5-10;/h6-7,10H,2-5,14H2,1H3;1H. The number of anilines is 1. The lowest BCUT2D eigenvalue weighted by Crippen LogP contribution is -2.13. The zero-order valence-electron chi connectivity index (χ0n) is 10.1. The van der Waals surface area contributed by atoms with Crippen molar-refractivity contribution in [2.45, 2.75) is 42.8 Å². The molecule has 0 saturated heterocycles. The Morgan fingerprint density at radius 1 is 1.39 bits per heavy atom. The second-order valence-corrected chi connectivity index (χ2v) is 6.65. The van der Waals surface area contributed by atoms with Gasteiger partial charge in [0.2, 0.25) is 0 Å². The summed E-state index contributed by atoms with van der Waals surface area (Å²) in [7, 11) is -3.50. The SMILES string of the molecule is CCCc1cc(N)cc(F)c1S(=O)(=O)C1CC1.Cl. The maximum Gasteiger partial charge on any atom is 0.184 e. The van der Waals surface area contributed by atoms with Crippen LogP contribution in [0, 0.1) is 5.82 Å². The minimum atomic E-state index is -3.50. The van der Waals surface area contributed by atoms with Gasteiger partial charge in [-0.25, -0.2) is 12.8 Å². The van der Waals surface area contributed by atoms with Crippen molar-refractivity contribution in [3.8, 4) is 0 Å². The van der Waals surface area contributed by atoms with Crippen molar-refractivity contribution in [2.75, 3.05) is 5.73 Å². The van der Waals surface area contributed by atoms with Gasteiger partial charge in [-0.15, -0.1) is 12.4 Å². The summed E-state index contributed by atoms with van der Waals surface area (Å²) in [5, 5.41) is -0.392. The first-order valence-corrected chi connectivity index (χ1v) is 7.33. The summed E-state index contributed by atoms with van der Waals surface area (Å²) in [6, 6.07) is 2.66. The lowest BCUT2D eigenvalue weighted by atomic mass is 10.1. The van der Waals surface area contributed by atoms with Crippen molar-refractivity contribution >= 4 is 27.9 Å². The van der Waals surface area contributed by atoms with Crippen LogP contribution < -0.4 is 5.73 Å². The van der Waals surface area contributed by atoms with Gasteiger partial charge in [-0.2, -0.15) is 0 Å². The first-order valence-electron chi connectivity index (χ1n) is 5.78. The molecule has 2 rings (SSSR count). The summed E-state index contributed by atoms with van der Waals surface area (Å²) in [6.07, 6.45) is 2.56. The van der Waals surface area contributed by atoms with Crippen LogP contribution in [0.3, 0.4) is 0 Å². The third-order valence-corrected chi connectivity index (χ3v) is 5.29. The quantitative estimate of drug-likeness (QED) is 0.868. The van der Waals surface area contributed by atoms with Gasteiger partial charge in [-0.1, -0.05) is 13.3 Å². The van der Waals surface area contributed by atoms with Gasteiger partial charge in [0.25, 0.3) is 0 Å². The summed E-state index contributed by atoms with van der Waals surface area (Å²) in [6.45, 7) is 1.93. The van der Waals surface area contributed by atoms with E-state index in [1.54, 1.807) is 6.07 Å². The van der Waals surface area contributed by atoms with Crippen LogP contribution in [0.4, 0.5) is 10.1 Å². The van der Waals surface area contributed by atoms with Gasteiger partial charge in [0.05, 0.1) is 5.25 Å². The monoisotopic (exact) mass is 293 g/mol. The second kappa shape index (κ2) is 5.45. The molecule has 0 atom stereocenters. The molecule has 0 radical (unpaired) electrons. The fraction of sp³-hybridized carbons (Fsp3) is 0.500. The number of benzene rings is 1. The molecule has 0 spiro atoms. The highest BCUT2D eigenvalue weighted by Crippen LogP contribution is 2.37. The van der Waals surface area contributed by atoms with E-state index in [0.717, 1.165) is 12.5 Å². The highest BCUT2D eigenvalue weighted by molar-refractivity contribution is 7.92. The predicted molar refractivity (Wildman–Crippen MR) is 72.3 cm³/mol. The molecule has 0 aliphatic heterocycles. The molecule has 0 unspecified atom stereocenters. The average molecular weight is 294 g/mol. The summed E-state index contributed by atoms with van der Waals surface area (Å²) < 4.78 is 38.1. The van der Waals surface area contributed by atoms with Crippen molar-refractivity contribution in [1.82, 2.24) is 0 Å². The topological polar surface area (TPSA) is 60.2 Å². The van der Waals surface area contributed by atoms with Crippen LogP contribution in [0.15, 0.2) is 17.0 Å². The molecule has 3 nitrogen and oxygen atoms in total.